The lowest BCUT2D eigenvalue weighted by atomic mass is 10.1. The Morgan fingerprint density at radius 2 is 1.89 bits per heavy atom. The summed E-state index contributed by atoms with van der Waals surface area (Å²) in [5, 5.41) is 11.9. The van der Waals surface area contributed by atoms with Crippen LogP contribution in [0.25, 0.3) is 17.0 Å². The normalized spacial score (nSPS) is 21.6. The molecule has 47 heavy (non-hydrogen) atoms. The number of carbonyl (C=O) groups excluding carboxylic acids is 4. The van der Waals surface area contributed by atoms with E-state index in [9.17, 15) is 28.0 Å². The van der Waals surface area contributed by atoms with Crippen LogP contribution in [0, 0.1) is 11.7 Å². The molecule has 1 aromatic carbocycles. The van der Waals surface area contributed by atoms with Gasteiger partial charge in [-0.05, 0) is 87.0 Å². The van der Waals surface area contributed by atoms with Crippen LogP contribution in [-0.4, -0.2) is 76.4 Å². The van der Waals surface area contributed by atoms with Crippen LogP contribution < -0.4 is 21.3 Å². The van der Waals surface area contributed by atoms with Crippen molar-refractivity contribution in [1.29, 1.82) is 0 Å². The summed E-state index contributed by atoms with van der Waals surface area (Å²) < 4.78 is 28.1. The number of anilines is 1. The molecule has 0 unspecified atom stereocenters. The van der Waals surface area contributed by atoms with Crippen LogP contribution in [0.3, 0.4) is 0 Å². The number of nitrogens with zero attached hydrogens (tertiary/aromatic N) is 3. The van der Waals surface area contributed by atoms with Gasteiger partial charge in [0.2, 0.25) is 17.7 Å². The van der Waals surface area contributed by atoms with Gasteiger partial charge in [0, 0.05) is 11.8 Å². The predicted molar refractivity (Wildman–Crippen MR) is 171 cm³/mol. The highest BCUT2D eigenvalue weighted by atomic mass is 19.1. The molecule has 4 heterocycles. The number of nitrogens with one attached hydrogen (secondary N) is 4. The number of hydrogen-bond acceptors (Lipinski definition) is 7. The molecule has 0 radical (unpaired) electrons. The maximum absolute atomic E-state index is 14.6. The van der Waals surface area contributed by atoms with Crippen molar-refractivity contribution in [3.05, 3.63) is 71.3 Å². The summed E-state index contributed by atoms with van der Waals surface area (Å²) in [6.45, 7) is 1.77. The van der Waals surface area contributed by atoms with Crippen molar-refractivity contribution in [2.45, 2.75) is 63.3 Å². The summed E-state index contributed by atoms with van der Waals surface area (Å²) in [7, 11) is 0. The number of likely N-dealkylation sites (tertiary alicyclic amines) is 1. The molecular weight excluding hydrogens is 608 g/mol. The molecule has 1 saturated carbocycles. The highest BCUT2D eigenvalue weighted by Gasteiger charge is 2.40. The molecule has 4 atom stereocenters. The Balaban J connectivity index is 1.11. The van der Waals surface area contributed by atoms with Crippen molar-refractivity contribution in [2.24, 2.45) is 5.92 Å². The maximum atomic E-state index is 14.6. The molecule has 2 aromatic heterocycles. The smallest absolute Gasteiger partial charge is 0.270 e. The van der Waals surface area contributed by atoms with E-state index in [2.05, 4.69) is 37.3 Å². The number of amides is 4. The highest BCUT2D eigenvalue weighted by molar-refractivity contribution is 5.98. The third-order valence-corrected chi connectivity index (χ3v) is 8.68. The van der Waals surface area contributed by atoms with E-state index in [1.165, 1.54) is 24.3 Å². The number of allylic oxidation sites excluding steroid dienone is 1. The van der Waals surface area contributed by atoms with Gasteiger partial charge in [-0.3, -0.25) is 19.2 Å². The molecular formula is C34H37F2N7O4. The SMILES string of the molecule is C[C@@H](NC(=O)[C@@H]1C[C@@H](F)CN1C(=O)CNC(=O)c1ccc2cc(F)ccc2n1)c1nc(NC(=O)[C@@H]2CCCN2)ccc1/C=C/C1CC1. The predicted octanol–water partition coefficient (Wildman–Crippen LogP) is 3.43. The molecule has 1 aliphatic carbocycles. The molecule has 0 bridgehead atoms. The van der Waals surface area contributed by atoms with E-state index in [-0.39, 0.29) is 30.6 Å². The Hall–Kier alpha value is -4.78. The van der Waals surface area contributed by atoms with E-state index in [0.29, 0.717) is 28.3 Å². The molecule has 4 N–H and O–H groups in total. The first-order valence-electron chi connectivity index (χ1n) is 16.0. The zero-order chi connectivity index (χ0) is 33.1. The van der Waals surface area contributed by atoms with Crippen LogP contribution in [0.2, 0.25) is 0 Å². The number of aromatic nitrogens is 2. The highest BCUT2D eigenvalue weighted by Crippen LogP contribution is 2.32. The minimum atomic E-state index is -1.42. The van der Waals surface area contributed by atoms with E-state index in [0.717, 1.165) is 42.7 Å². The standard InChI is InChI=1S/C34H37F2N7O4/c1-19(31-21(7-6-20-4-5-20)9-13-29(41-31)42-33(46)26-3-2-14-37-26)39-34(47)28-16-24(36)18-43(28)30(44)17-38-32(45)27-11-8-22-15-23(35)10-12-25(22)40-27/h6-13,15,19-20,24,26,28,37H,2-5,14,16-18H2,1H3,(H,38,45)(H,39,47)(H,41,42,46)/b7-6+/t19-,24-,26+,28+/m1/s1. The lowest BCUT2D eigenvalue weighted by molar-refractivity contribution is -0.138. The Kier molecular flexibility index (Phi) is 9.53. The van der Waals surface area contributed by atoms with Gasteiger partial charge in [-0.2, -0.15) is 0 Å². The summed E-state index contributed by atoms with van der Waals surface area (Å²) in [5.41, 5.74) is 1.75. The Labute approximate surface area is 270 Å². The van der Waals surface area contributed by atoms with Crippen LogP contribution in [-0.2, 0) is 14.4 Å². The summed E-state index contributed by atoms with van der Waals surface area (Å²) in [5.74, 6) is -1.55. The van der Waals surface area contributed by atoms with E-state index < -0.39 is 48.3 Å². The molecule has 2 saturated heterocycles. The van der Waals surface area contributed by atoms with Gasteiger partial charge in [0.25, 0.3) is 5.91 Å². The topological polar surface area (TPSA) is 145 Å². The molecule has 4 amide bonds. The van der Waals surface area contributed by atoms with Crippen molar-refractivity contribution in [1.82, 2.24) is 30.8 Å². The van der Waals surface area contributed by atoms with Gasteiger partial charge in [-0.15, -0.1) is 0 Å². The maximum Gasteiger partial charge on any atom is 0.270 e. The summed E-state index contributed by atoms with van der Waals surface area (Å²) in [6.07, 6.45) is 6.35. The largest absolute Gasteiger partial charge is 0.346 e. The van der Waals surface area contributed by atoms with Crippen molar-refractivity contribution >= 4 is 46.4 Å². The minimum absolute atomic E-state index is 0.0294. The van der Waals surface area contributed by atoms with Gasteiger partial charge in [0.05, 0.1) is 36.4 Å². The first-order chi connectivity index (χ1) is 22.6. The molecule has 11 nitrogen and oxygen atoms in total. The fourth-order valence-electron chi connectivity index (χ4n) is 5.95. The second kappa shape index (κ2) is 13.9. The second-order valence-corrected chi connectivity index (χ2v) is 12.3. The number of pyridine rings is 2. The van der Waals surface area contributed by atoms with Gasteiger partial charge in [-0.25, -0.2) is 18.7 Å². The van der Waals surface area contributed by atoms with E-state index in [1.807, 2.05) is 12.1 Å². The minimum Gasteiger partial charge on any atom is -0.346 e. The Morgan fingerprint density at radius 3 is 2.66 bits per heavy atom. The summed E-state index contributed by atoms with van der Waals surface area (Å²) in [6, 6.07) is 8.51. The van der Waals surface area contributed by atoms with Crippen molar-refractivity contribution in [2.75, 3.05) is 25.0 Å². The number of hydrogen-bond donors (Lipinski definition) is 4. The number of benzene rings is 1. The summed E-state index contributed by atoms with van der Waals surface area (Å²) in [4.78, 5) is 62.1. The second-order valence-electron chi connectivity index (χ2n) is 12.3. The van der Waals surface area contributed by atoms with Gasteiger partial charge in [0.15, 0.2) is 0 Å². The number of alkyl halides is 1. The third kappa shape index (κ3) is 7.79. The first-order valence-corrected chi connectivity index (χ1v) is 16.0. The number of fused-ring (bicyclic) bond motifs is 1. The van der Waals surface area contributed by atoms with Crippen LogP contribution in [0.1, 0.15) is 66.8 Å². The van der Waals surface area contributed by atoms with Gasteiger partial charge in [-0.1, -0.05) is 18.2 Å². The van der Waals surface area contributed by atoms with Crippen molar-refractivity contribution in [3.63, 3.8) is 0 Å². The van der Waals surface area contributed by atoms with Crippen LogP contribution >= 0.6 is 0 Å². The number of carbonyl (C=O) groups is 4. The molecule has 246 valence electrons. The van der Waals surface area contributed by atoms with Gasteiger partial charge < -0.3 is 26.2 Å². The van der Waals surface area contributed by atoms with Crippen LogP contribution in [0.15, 0.2) is 48.5 Å². The molecule has 2 aliphatic heterocycles. The van der Waals surface area contributed by atoms with Gasteiger partial charge in [0.1, 0.15) is 29.5 Å². The third-order valence-electron chi connectivity index (χ3n) is 8.68. The van der Waals surface area contributed by atoms with E-state index in [4.69, 9.17) is 0 Å². The number of rotatable bonds is 10. The Bertz CT molecular complexity index is 1720. The molecule has 3 fully saturated rings. The zero-order valence-electron chi connectivity index (χ0n) is 26.0. The van der Waals surface area contributed by atoms with Crippen molar-refractivity contribution < 1.29 is 28.0 Å². The monoisotopic (exact) mass is 645 g/mol. The molecule has 13 heteroatoms. The fourth-order valence-corrected chi connectivity index (χ4v) is 5.95. The molecule has 3 aliphatic rings. The zero-order valence-corrected chi connectivity index (χ0v) is 26.0. The molecule has 6 rings (SSSR count). The average molecular weight is 646 g/mol. The quantitative estimate of drug-likeness (QED) is 0.264. The van der Waals surface area contributed by atoms with Crippen molar-refractivity contribution in [3.8, 4) is 0 Å². The lowest BCUT2D eigenvalue weighted by Gasteiger charge is -2.26. The first kappa shape index (κ1) is 32.2. The van der Waals surface area contributed by atoms with Gasteiger partial charge >= 0.3 is 0 Å². The summed E-state index contributed by atoms with van der Waals surface area (Å²) >= 11 is 0. The average Bonchev–Trinajstić information content (AvgIpc) is 3.54. The molecule has 3 aromatic rings. The van der Waals surface area contributed by atoms with E-state index in [1.54, 1.807) is 19.1 Å². The molecule has 0 spiro atoms. The van der Waals surface area contributed by atoms with E-state index >= 15 is 0 Å². The fraction of sp³-hybridized carbons (Fsp3) is 0.412. The number of halogens is 2. The van der Waals surface area contributed by atoms with Crippen LogP contribution in [0.5, 0.6) is 0 Å². The van der Waals surface area contributed by atoms with Crippen LogP contribution in [0.4, 0.5) is 14.6 Å². The Morgan fingerprint density at radius 1 is 1.06 bits per heavy atom. The lowest BCUT2D eigenvalue weighted by Crippen LogP contribution is -2.49.